The van der Waals surface area contributed by atoms with Crippen LogP contribution in [0.1, 0.15) is 44.5 Å². The van der Waals surface area contributed by atoms with Crippen LogP contribution in [0.5, 0.6) is 0 Å². The third-order valence-corrected chi connectivity index (χ3v) is 2.58. The van der Waals surface area contributed by atoms with Crippen molar-refractivity contribution in [2.45, 2.75) is 45.8 Å². The molecule has 1 unspecified atom stereocenters. The van der Waals surface area contributed by atoms with Crippen LogP contribution in [0.25, 0.3) is 0 Å². The Kier molecular flexibility index (Phi) is 4.75. The maximum Gasteiger partial charge on any atom is 0.408 e. The zero-order valence-corrected chi connectivity index (χ0v) is 12.4. The Balaban J connectivity index is 2.91. The van der Waals surface area contributed by atoms with Gasteiger partial charge in [-0.3, -0.25) is 9.48 Å². The van der Waals surface area contributed by atoms with E-state index in [0.717, 1.165) is 5.56 Å². The second-order valence-electron chi connectivity index (χ2n) is 5.63. The first-order chi connectivity index (χ1) is 9.10. The van der Waals surface area contributed by atoms with Crippen molar-refractivity contribution in [1.29, 1.82) is 0 Å². The van der Waals surface area contributed by atoms with Gasteiger partial charge < -0.3 is 15.2 Å². The number of carbonyl (C=O) groups is 2. The number of nitrogens with zero attached hydrogens (tertiary/aromatic N) is 2. The van der Waals surface area contributed by atoms with Crippen LogP contribution < -0.4 is 5.32 Å². The lowest BCUT2D eigenvalue weighted by Gasteiger charge is -2.23. The molecular weight excluding hydrogens is 262 g/mol. The molecule has 0 saturated carbocycles. The van der Waals surface area contributed by atoms with E-state index in [1.54, 1.807) is 38.7 Å². The lowest BCUT2D eigenvalue weighted by Crippen LogP contribution is -2.36. The molecule has 0 aromatic carbocycles. The van der Waals surface area contributed by atoms with Crippen LogP contribution in [0.4, 0.5) is 4.79 Å². The van der Waals surface area contributed by atoms with E-state index in [4.69, 9.17) is 9.84 Å². The zero-order valence-electron chi connectivity index (χ0n) is 12.4. The summed E-state index contributed by atoms with van der Waals surface area (Å²) in [4.78, 5) is 22.8. The summed E-state index contributed by atoms with van der Waals surface area (Å²) in [5.41, 5.74) is 0.826. The number of aromatic nitrogens is 2. The molecule has 0 aliphatic carbocycles. The predicted molar refractivity (Wildman–Crippen MR) is 72.3 cm³/mol. The monoisotopic (exact) mass is 283 g/mol. The zero-order chi connectivity index (χ0) is 15.5. The Morgan fingerprint density at radius 3 is 2.50 bits per heavy atom. The molecular formula is C13H21N3O4. The molecule has 1 rings (SSSR count). The summed E-state index contributed by atoms with van der Waals surface area (Å²) in [6.45, 7) is 7.05. The fraction of sp³-hybridized carbons (Fsp3) is 0.615. The molecule has 7 nitrogen and oxygen atoms in total. The maximum atomic E-state index is 11.8. The van der Waals surface area contributed by atoms with Crippen molar-refractivity contribution in [2.24, 2.45) is 7.05 Å². The van der Waals surface area contributed by atoms with Crippen LogP contribution in [0, 0.1) is 6.92 Å². The van der Waals surface area contributed by atoms with Gasteiger partial charge in [0.15, 0.2) is 0 Å². The van der Waals surface area contributed by atoms with Gasteiger partial charge in [0.25, 0.3) is 0 Å². The van der Waals surface area contributed by atoms with E-state index in [0.29, 0.717) is 5.69 Å². The highest BCUT2D eigenvalue weighted by Gasteiger charge is 2.25. The highest BCUT2D eigenvalue weighted by Crippen LogP contribution is 2.21. The van der Waals surface area contributed by atoms with E-state index < -0.39 is 23.7 Å². The van der Waals surface area contributed by atoms with Gasteiger partial charge in [0.05, 0.1) is 24.4 Å². The second-order valence-corrected chi connectivity index (χ2v) is 5.63. The van der Waals surface area contributed by atoms with Gasteiger partial charge in [-0.1, -0.05) is 0 Å². The largest absolute Gasteiger partial charge is 0.481 e. The van der Waals surface area contributed by atoms with Crippen LogP contribution in [-0.4, -0.2) is 32.6 Å². The lowest BCUT2D eigenvalue weighted by molar-refractivity contribution is -0.137. The topological polar surface area (TPSA) is 93.5 Å². The minimum absolute atomic E-state index is 0.236. The summed E-state index contributed by atoms with van der Waals surface area (Å²) >= 11 is 0. The Morgan fingerprint density at radius 2 is 2.10 bits per heavy atom. The number of nitrogens with one attached hydrogen (secondary N) is 1. The first-order valence-corrected chi connectivity index (χ1v) is 6.30. The SMILES string of the molecule is Cc1cnn(C)c1C(CC(=O)O)NC(=O)OC(C)(C)C. The van der Waals surface area contributed by atoms with Gasteiger partial charge in [0.1, 0.15) is 5.60 Å². The van der Waals surface area contributed by atoms with Crippen LogP contribution in [0.3, 0.4) is 0 Å². The fourth-order valence-corrected chi connectivity index (χ4v) is 1.90. The van der Waals surface area contributed by atoms with Gasteiger partial charge in [0, 0.05) is 7.05 Å². The second kappa shape index (κ2) is 5.94. The summed E-state index contributed by atoms with van der Waals surface area (Å²) in [7, 11) is 1.70. The number of carboxylic acids is 1. The molecule has 1 aromatic heterocycles. The Bertz CT molecular complexity index is 483. The van der Waals surface area contributed by atoms with Crippen LogP contribution in [-0.2, 0) is 16.6 Å². The van der Waals surface area contributed by atoms with Crippen LogP contribution in [0.15, 0.2) is 6.20 Å². The van der Waals surface area contributed by atoms with E-state index >= 15 is 0 Å². The molecule has 0 radical (unpaired) electrons. The minimum Gasteiger partial charge on any atom is -0.481 e. The number of carbonyl (C=O) groups excluding carboxylic acids is 1. The highest BCUT2D eigenvalue weighted by molar-refractivity contribution is 5.72. The van der Waals surface area contributed by atoms with E-state index in [9.17, 15) is 9.59 Å². The van der Waals surface area contributed by atoms with Gasteiger partial charge in [-0.05, 0) is 33.3 Å². The molecule has 1 aromatic rings. The van der Waals surface area contributed by atoms with Crippen molar-refractivity contribution in [3.05, 3.63) is 17.5 Å². The number of alkyl carbamates (subject to hydrolysis) is 1. The summed E-state index contributed by atoms with van der Waals surface area (Å²) in [5, 5.41) is 15.6. The van der Waals surface area contributed by atoms with Gasteiger partial charge >= 0.3 is 12.1 Å². The van der Waals surface area contributed by atoms with Crippen molar-refractivity contribution in [3.63, 3.8) is 0 Å². The molecule has 0 spiro atoms. The lowest BCUT2D eigenvalue weighted by atomic mass is 10.1. The Hall–Kier alpha value is -2.05. The van der Waals surface area contributed by atoms with Gasteiger partial charge in [0.2, 0.25) is 0 Å². The van der Waals surface area contributed by atoms with Crippen molar-refractivity contribution in [3.8, 4) is 0 Å². The van der Waals surface area contributed by atoms with E-state index in [1.165, 1.54) is 0 Å². The third-order valence-electron chi connectivity index (χ3n) is 2.58. The molecule has 20 heavy (non-hydrogen) atoms. The van der Waals surface area contributed by atoms with E-state index in [2.05, 4.69) is 10.4 Å². The molecule has 7 heteroatoms. The molecule has 0 saturated heterocycles. The number of aliphatic carboxylic acids is 1. The number of amides is 1. The van der Waals surface area contributed by atoms with Crippen molar-refractivity contribution < 1.29 is 19.4 Å². The summed E-state index contributed by atoms with van der Waals surface area (Å²) in [6.07, 6.45) is 0.741. The van der Waals surface area contributed by atoms with Gasteiger partial charge in [-0.25, -0.2) is 4.79 Å². The normalized spacial score (nSPS) is 12.8. The molecule has 1 atom stereocenters. The third kappa shape index (κ3) is 4.56. The number of carboxylic acid groups (broad SMARTS) is 1. The fourth-order valence-electron chi connectivity index (χ4n) is 1.90. The Labute approximate surface area is 117 Å². The molecule has 0 aliphatic heterocycles. The average Bonchev–Trinajstić information content (AvgIpc) is 2.53. The number of hydrogen-bond donors (Lipinski definition) is 2. The summed E-state index contributed by atoms with van der Waals surface area (Å²) < 4.78 is 6.71. The van der Waals surface area contributed by atoms with Crippen molar-refractivity contribution in [2.75, 3.05) is 0 Å². The molecule has 0 bridgehead atoms. The quantitative estimate of drug-likeness (QED) is 0.878. The van der Waals surface area contributed by atoms with E-state index in [1.807, 2.05) is 6.92 Å². The molecule has 1 amide bonds. The number of hydrogen-bond acceptors (Lipinski definition) is 4. The molecule has 2 N–H and O–H groups in total. The number of ether oxygens (including phenoxy) is 1. The van der Waals surface area contributed by atoms with E-state index in [-0.39, 0.29) is 6.42 Å². The number of rotatable bonds is 4. The predicted octanol–water partition coefficient (Wildman–Crippen LogP) is 1.77. The maximum absolute atomic E-state index is 11.8. The van der Waals surface area contributed by atoms with Crippen LogP contribution >= 0.6 is 0 Å². The van der Waals surface area contributed by atoms with Crippen LogP contribution in [0.2, 0.25) is 0 Å². The van der Waals surface area contributed by atoms with Crippen molar-refractivity contribution in [1.82, 2.24) is 15.1 Å². The van der Waals surface area contributed by atoms with Gasteiger partial charge in [-0.15, -0.1) is 0 Å². The molecule has 0 fully saturated rings. The first kappa shape index (κ1) is 16.0. The molecule has 112 valence electrons. The Morgan fingerprint density at radius 1 is 1.50 bits per heavy atom. The average molecular weight is 283 g/mol. The smallest absolute Gasteiger partial charge is 0.408 e. The number of aryl methyl sites for hydroxylation is 2. The van der Waals surface area contributed by atoms with Gasteiger partial charge in [-0.2, -0.15) is 5.10 Å². The first-order valence-electron chi connectivity index (χ1n) is 6.30. The summed E-state index contributed by atoms with van der Waals surface area (Å²) in [6, 6.07) is -0.685. The molecule has 1 heterocycles. The molecule has 0 aliphatic rings. The standard InChI is InChI=1S/C13H21N3O4/c1-8-7-14-16(5)11(8)9(6-10(17)18)15-12(19)20-13(2,3)4/h7,9H,6H2,1-5H3,(H,15,19)(H,17,18). The minimum atomic E-state index is -1.01. The summed E-state index contributed by atoms with van der Waals surface area (Å²) in [5.74, 6) is -1.01. The van der Waals surface area contributed by atoms with Crippen molar-refractivity contribution >= 4 is 12.1 Å². The highest BCUT2D eigenvalue weighted by atomic mass is 16.6.